The summed E-state index contributed by atoms with van der Waals surface area (Å²) >= 11 is 2.23. The molecular weight excluding hydrogens is 230 g/mol. The van der Waals surface area contributed by atoms with E-state index in [2.05, 4.69) is 15.9 Å². The van der Waals surface area contributed by atoms with E-state index in [0.717, 1.165) is 6.42 Å². The van der Waals surface area contributed by atoms with Gasteiger partial charge in [-0.2, -0.15) is 8.78 Å². The highest BCUT2D eigenvalue weighted by atomic mass is 79.9. The van der Waals surface area contributed by atoms with Gasteiger partial charge < -0.3 is 5.11 Å². The van der Waals surface area contributed by atoms with E-state index in [1.54, 1.807) is 0 Å². The summed E-state index contributed by atoms with van der Waals surface area (Å²) < 4.78 is 25.6. The van der Waals surface area contributed by atoms with E-state index in [9.17, 15) is 13.9 Å². The van der Waals surface area contributed by atoms with Crippen LogP contribution in [-0.4, -0.2) is 15.5 Å². The van der Waals surface area contributed by atoms with Crippen LogP contribution in [0.4, 0.5) is 8.78 Å². The lowest BCUT2D eigenvalue weighted by Crippen LogP contribution is -2.41. The molecule has 1 nitrogen and oxygen atoms in total. The summed E-state index contributed by atoms with van der Waals surface area (Å²) in [5, 5.41) is 9.53. The first-order valence-electron chi connectivity index (χ1n) is 4.18. The van der Waals surface area contributed by atoms with Crippen LogP contribution >= 0.6 is 15.9 Å². The monoisotopic (exact) mass is 242 g/mol. The zero-order valence-corrected chi connectivity index (χ0v) is 8.57. The third-order valence-corrected chi connectivity index (χ3v) is 3.44. The Labute approximate surface area is 79.3 Å². The van der Waals surface area contributed by atoms with E-state index in [1.165, 1.54) is 0 Å². The molecule has 0 aliphatic heterocycles. The predicted molar refractivity (Wildman–Crippen MR) is 46.5 cm³/mol. The molecule has 1 aliphatic carbocycles. The molecule has 0 aromatic rings. The highest BCUT2D eigenvalue weighted by Crippen LogP contribution is 2.48. The molecule has 1 rings (SSSR count). The Bertz CT molecular complexity index is 169. The first kappa shape index (κ1) is 10.4. The molecule has 2 unspecified atom stereocenters. The Morgan fingerprint density at radius 3 is 2.50 bits per heavy atom. The Kier molecular flexibility index (Phi) is 2.78. The summed E-state index contributed by atoms with van der Waals surface area (Å²) in [6.07, 6.45) is 1.98. The molecule has 0 radical (unpaired) electrons. The van der Waals surface area contributed by atoms with Crippen molar-refractivity contribution in [2.24, 2.45) is 5.92 Å². The van der Waals surface area contributed by atoms with Crippen molar-refractivity contribution in [3.63, 3.8) is 0 Å². The Hall–Kier alpha value is 0.300. The van der Waals surface area contributed by atoms with E-state index in [1.807, 2.05) is 6.92 Å². The molecular formula is C8H13BrF2O. The minimum Gasteiger partial charge on any atom is -0.383 e. The van der Waals surface area contributed by atoms with Crippen LogP contribution in [-0.2, 0) is 0 Å². The second kappa shape index (κ2) is 3.22. The van der Waals surface area contributed by atoms with Crippen molar-refractivity contribution in [3.8, 4) is 0 Å². The highest BCUT2D eigenvalue weighted by molar-refractivity contribution is 9.10. The fraction of sp³-hybridized carbons (Fsp3) is 1.00. The summed E-state index contributed by atoms with van der Waals surface area (Å²) in [6, 6.07) is 0. The molecule has 72 valence electrons. The van der Waals surface area contributed by atoms with Crippen molar-refractivity contribution in [1.29, 1.82) is 0 Å². The van der Waals surface area contributed by atoms with Gasteiger partial charge in [-0.1, -0.05) is 13.3 Å². The van der Waals surface area contributed by atoms with Gasteiger partial charge in [0.05, 0.1) is 0 Å². The van der Waals surface area contributed by atoms with Crippen molar-refractivity contribution in [2.75, 3.05) is 0 Å². The Morgan fingerprint density at radius 2 is 2.25 bits per heavy atom. The average molecular weight is 243 g/mol. The van der Waals surface area contributed by atoms with Crippen molar-refractivity contribution in [2.45, 2.75) is 43.0 Å². The number of rotatable bonds is 2. The van der Waals surface area contributed by atoms with Crippen molar-refractivity contribution in [3.05, 3.63) is 0 Å². The van der Waals surface area contributed by atoms with Gasteiger partial charge in [0.15, 0.2) is 0 Å². The number of halogens is 3. The van der Waals surface area contributed by atoms with Gasteiger partial charge in [-0.15, -0.1) is 0 Å². The van der Waals surface area contributed by atoms with Crippen LogP contribution in [0, 0.1) is 5.92 Å². The highest BCUT2D eigenvalue weighted by Gasteiger charge is 2.54. The second-order valence-electron chi connectivity index (χ2n) is 3.55. The zero-order chi connectivity index (χ0) is 9.41. The van der Waals surface area contributed by atoms with Crippen LogP contribution in [0.1, 0.15) is 32.6 Å². The van der Waals surface area contributed by atoms with Gasteiger partial charge in [-0.3, -0.25) is 0 Å². The largest absolute Gasteiger partial charge is 0.383 e. The maximum atomic E-state index is 12.8. The summed E-state index contributed by atoms with van der Waals surface area (Å²) in [7, 11) is 0. The molecule has 1 fully saturated rings. The minimum absolute atomic E-state index is 0.198. The third-order valence-electron chi connectivity index (χ3n) is 2.70. The van der Waals surface area contributed by atoms with Crippen molar-refractivity contribution < 1.29 is 13.9 Å². The molecule has 0 saturated heterocycles. The number of alkyl halides is 3. The lowest BCUT2D eigenvalue weighted by atomic mass is 9.99. The Morgan fingerprint density at radius 1 is 1.67 bits per heavy atom. The molecule has 1 N–H and O–H groups in total. The van der Waals surface area contributed by atoms with E-state index in [-0.39, 0.29) is 18.8 Å². The van der Waals surface area contributed by atoms with E-state index >= 15 is 0 Å². The van der Waals surface area contributed by atoms with Crippen LogP contribution in [0.5, 0.6) is 0 Å². The normalized spacial score (nSPS) is 37.2. The summed E-state index contributed by atoms with van der Waals surface area (Å²) in [5.74, 6) is 0.249. The van der Waals surface area contributed by atoms with Crippen LogP contribution in [0.15, 0.2) is 0 Å². The second-order valence-corrected chi connectivity index (χ2v) is 4.54. The van der Waals surface area contributed by atoms with Gasteiger partial charge >= 0.3 is 4.83 Å². The van der Waals surface area contributed by atoms with E-state index < -0.39 is 10.4 Å². The van der Waals surface area contributed by atoms with E-state index in [4.69, 9.17) is 0 Å². The molecule has 2 atom stereocenters. The van der Waals surface area contributed by atoms with Gasteiger partial charge in [0.25, 0.3) is 0 Å². The first-order chi connectivity index (χ1) is 5.39. The third kappa shape index (κ3) is 1.79. The van der Waals surface area contributed by atoms with Gasteiger partial charge in [-0.25, -0.2) is 0 Å². The molecule has 0 spiro atoms. The topological polar surface area (TPSA) is 20.2 Å². The van der Waals surface area contributed by atoms with Crippen LogP contribution in [0.25, 0.3) is 0 Å². The molecule has 1 saturated carbocycles. The lowest BCUT2D eigenvalue weighted by molar-refractivity contribution is -0.112. The fourth-order valence-electron chi connectivity index (χ4n) is 1.73. The summed E-state index contributed by atoms with van der Waals surface area (Å²) in [4.78, 5) is -3.14. The number of hydrogen-bond donors (Lipinski definition) is 1. The minimum atomic E-state index is -3.14. The smallest absolute Gasteiger partial charge is 0.329 e. The standard InChI is InChI=1S/C8H13BrF2O/c1-2-6-3-4-7(12,5-6)8(9,10)11/h6,12H,2-5H2,1H3. The molecule has 0 bridgehead atoms. The SMILES string of the molecule is CCC1CCC(O)(C(F)(F)Br)C1. The molecule has 1 aliphatic rings. The van der Waals surface area contributed by atoms with Crippen molar-refractivity contribution in [1.82, 2.24) is 0 Å². The maximum Gasteiger partial charge on any atom is 0.329 e. The van der Waals surface area contributed by atoms with Gasteiger partial charge in [0, 0.05) is 0 Å². The quantitative estimate of drug-likeness (QED) is 0.739. The number of aliphatic hydroxyl groups is 1. The zero-order valence-electron chi connectivity index (χ0n) is 6.99. The average Bonchev–Trinajstić information content (AvgIpc) is 2.31. The maximum absolute atomic E-state index is 12.8. The van der Waals surface area contributed by atoms with Crippen LogP contribution in [0.3, 0.4) is 0 Å². The lowest BCUT2D eigenvalue weighted by Gasteiger charge is -2.27. The van der Waals surface area contributed by atoms with Gasteiger partial charge in [0.2, 0.25) is 0 Å². The molecule has 0 heterocycles. The molecule has 0 amide bonds. The molecule has 0 aromatic heterocycles. The fourth-order valence-corrected chi connectivity index (χ4v) is 2.09. The van der Waals surface area contributed by atoms with E-state index in [0.29, 0.717) is 6.42 Å². The van der Waals surface area contributed by atoms with Crippen LogP contribution in [0.2, 0.25) is 0 Å². The molecule has 4 heteroatoms. The van der Waals surface area contributed by atoms with Gasteiger partial charge in [-0.05, 0) is 41.1 Å². The summed E-state index contributed by atoms with van der Waals surface area (Å²) in [6.45, 7) is 1.96. The summed E-state index contributed by atoms with van der Waals surface area (Å²) in [5.41, 5.74) is -1.81. The Balaban J connectivity index is 2.64. The van der Waals surface area contributed by atoms with Crippen molar-refractivity contribution >= 4 is 15.9 Å². The predicted octanol–water partition coefficient (Wildman–Crippen LogP) is 2.92. The van der Waals surface area contributed by atoms with Gasteiger partial charge in [0.1, 0.15) is 5.60 Å². The molecule has 0 aromatic carbocycles. The number of hydrogen-bond acceptors (Lipinski definition) is 1. The van der Waals surface area contributed by atoms with Crippen LogP contribution < -0.4 is 0 Å². The first-order valence-corrected chi connectivity index (χ1v) is 4.97. The molecule has 12 heavy (non-hydrogen) atoms.